The number of rotatable bonds is 4. The average molecular weight is 222 g/mol. The number of aryl methyl sites for hydroxylation is 1. The van der Waals surface area contributed by atoms with Crippen LogP contribution in [0.15, 0.2) is 24.4 Å². The van der Waals surface area contributed by atoms with Gasteiger partial charge in [0.15, 0.2) is 0 Å². The van der Waals surface area contributed by atoms with Crippen LogP contribution in [-0.4, -0.2) is 37.6 Å². The van der Waals surface area contributed by atoms with Crippen molar-refractivity contribution in [3.63, 3.8) is 0 Å². The molecule has 0 fully saturated rings. The molecule has 0 atom stereocenters. The van der Waals surface area contributed by atoms with E-state index in [4.69, 9.17) is 10.2 Å². The molecule has 86 valence electrons. The molecule has 3 heteroatoms. The van der Waals surface area contributed by atoms with Crippen LogP contribution in [-0.2, 0) is 6.37 Å². The average Bonchev–Trinajstić information content (AvgIpc) is 2.81. The van der Waals surface area contributed by atoms with Crippen LogP contribution in [0.4, 0.5) is 0 Å². The Balaban J connectivity index is 2.58. The first-order valence-electron chi connectivity index (χ1n) is 7.05. The summed E-state index contributed by atoms with van der Waals surface area (Å²) in [4.78, 5) is 4.22. The number of hydrogen-bond acceptors (Lipinski definition) is 2. The quantitative estimate of drug-likeness (QED) is 0.859. The number of hydrogen-bond donors (Lipinski definition) is 1. The second-order valence-corrected chi connectivity index (χ2v) is 3.75. The Morgan fingerprint density at radius 2 is 2.25 bits per heavy atom. The Morgan fingerprint density at radius 3 is 2.94 bits per heavy atom. The molecule has 0 amide bonds. The number of nitrogens with one attached hydrogen (secondary N) is 1. The van der Waals surface area contributed by atoms with Crippen molar-refractivity contribution in [2.75, 3.05) is 27.7 Å². The van der Waals surface area contributed by atoms with E-state index in [9.17, 15) is 0 Å². The number of ether oxygens (including phenoxy) is 1. The topological polar surface area (TPSA) is 28.3 Å². The molecule has 16 heavy (non-hydrogen) atoms. The van der Waals surface area contributed by atoms with E-state index in [0.717, 1.165) is 5.52 Å². The summed E-state index contributed by atoms with van der Waals surface area (Å²) in [5.41, 5.74) is 1.02. The smallest absolute Gasteiger partial charge is 0.120 e. The lowest BCUT2D eigenvalue weighted by Crippen LogP contribution is -2.14. The number of aromatic amines is 1. The molecule has 1 aromatic heterocycles. The number of nitrogens with zero attached hydrogens (tertiary/aromatic N) is 1. The van der Waals surface area contributed by atoms with Gasteiger partial charge in [0, 0.05) is 35.1 Å². The van der Waals surface area contributed by atoms with Crippen LogP contribution in [0.5, 0.6) is 5.75 Å². The van der Waals surface area contributed by atoms with Crippen molar-refractivity contribution in [2.24, 2.45) is 0 Å². The highest BCUT2D eigenvalue weighted by atomic mass is 16.5. The first kappa shape index (κ1) is 6.97. The number of aromatic nitrogens is 1. The minimum atomic E-state index is -2.15. The summed E-state index contributed by atoms with van der Waals surface area (Å²) in [5, 5.41) is 0.654. The van der Waals surface area contributed by atoms with Crippen LogP contribution in [0, 0.1) is 0 Å². The molecule has 0 aliphatic rings. The van der Waals surface area contributed by atoms with Gasteiger partial charge in [-0.25, -0.2) is 0 Å². The molecule has 3 nitrogen and oxygen atoms in total. The molecule has 0 spiro atoms. The van der Waals surface area contributed by atoms with E-state index in [1.54, 1.807) is 25.3 Å². The Kier molecular flexibility index (Phi) is 1.99. The van der Waals surface area contributed by atoms with Crippen LogP contribution >= 0.6 is 0 Å². The SMILES string of the molecule is [2H]C([2H])(c1c[nH]c2cc(OC)ccc12)C([2H])([2H])N(C)C. The Labute approximate surface area is 102 Å². The largest absolute Gasteiger partial charge is 0.497 e. The van der Waals surface area contributed by atoms with Crippen molar-refractivity contribution < 1.29 is 10.2 Å². The second-order valence-electron chi connectivity index (χ2n) is 3.75. The number of likely N-dealkylation sites (N-methyl/N-ethyl adjacent to an activating group) is 1. The molecule has 0 aliphatic heterocycles. The fourth-order valence-electron chi connectivity index (χ4n) is 1.51. The third-order valence-corrected chi connectivity index (χ3v) is 2.30. The van der Waals surface area contributed by atoms with Crippen LogP contribution in [0.1, 0.15) is 11.0 Å². The van der Waals surface area contributed by atoms with Gasteiger partial charge in [0.2, 0.25) is 0 Å². The fraction of sp³-hybridized carbons (Fsp3) is 0.385. The Morgan fingerprint density at radius 1 is 1.44 bits per heavy atom. The van der Waals surface area contributed by atoms with E-state index >= 15 is 0 Å². The molecule has 0 saturated carbocycles. The molecular formula is C13H18N2O. The van der Waals surface area contributed by atoms with E-state index in [1.165, 1.54) is 25.2 Å². The summed E-state index contributed by atoms with van der Waals surface area (Å²) in [7, 11) is 4.61. The van der Waals surface area contributed by atoms with Crippen molar-refractivity contribution in [3.05, 3.63) is 30.0 Å². The van der Waals surface area contributed by atoms with Gasteiger partial charge in [-0.1, -0.05) is 0 Å². The normalized spacial score (nSPS) is 16.8. The van der Waals surface area contributed by atoms with E-state index in [-0.39, 0.29) is 0 Å². The fourth-order valence-corrected chi connectivity index (χ4v) is 1.51. The molecule has 1 N–H and O–H groups in total. The standard InChI is InChI=1S/C13H18N2O/c1-15(2)7-6-10-9-14-13-8-11(16-3)4-5-12(10)13/h4-5,8-9,14H,6-7H2,1-3H3/i6D2,7D2. The highest BCUT2D eigenvalue weighted by molar-refractivity contribution is 5.84. The zero-order chi connectivity index (χ0) is 15.1. The molecular weight excluding hydrogens is 200 g/mol. The van der Waals surface area contributed by atoms with Gasteiger partial charge < -0.3 is 14.6 Å². The van der Waals surface area contributed by atoms with Crippen LogP contribution in [0.3, 0.4) is 0 Å². The van der Waals surface area contributed by atoms with Crippen LogP contribution in [0.2, 0.25) is 0 Å². The maximum Gasteiger partial charge on any atom is 0.120 e. The summed E-state index contributed by atoms with van der Waals surface area (Å²) >= 11 is 0. The summed E-state index contributed by atoms with van der Waals surface area (Å²) < 4.78 is 37.5. The highest BCUT2D eigenvalue weighted by Gasteiger charge is 2.04. The Hall–Kier alpha value is -1.48. The van der Waals surface area contributed by atoms with Crippen molar-refractivity contribution in [3.8, 4) is 5.75 Å². The van der Waals surface area contributed by atoms with Gasteiger partial charge in [-0.15, -0.1) is 0 Å². The number of methoxy groups -OCH3 is 1. The van der Waals surface area contributed by atoms with Gasteiger partial charge in [0.25, 0.3) is 0 Å². The summed E-state index contributed by atoms with van der Waals surface area (Å²) in [6.07, 6.45) is -0.630. The lowest BCUT2D eigenvalue weighted by Gasteiger charge is -2.08. The number of benzene rings is 1. The zero-order valence-corrected chi connectivity index (χ0v) is 9.66. The first-order chi connectivity index (χ1) is 9.21. The first-order valence-corrected chi connectivity index (χ1v) is 5.05. The van der Waals surface area contributed by atoms with Gasteiger partial charge >= 0.3 is 0 Å². The molecule has 0 radical (unpaired) electrons. The maximum atomic E-state index is 8.20. The molecule has 0 unspecified atom stereocenters. The third kappa shape index (κ3) is 2.19. The summed E-state index contributed by atoms with van der Waals surface area (Å²) in [6, 6.07) is 5.24. The maximum absolute atomic E-state index is 8.20. The monoisotopic (exact) mass is 222 g/mol. The summed E-state index contributed by atoms with van der Waals surface area (Å²) in [5.74, 6) is 0.669. The van der Waals surface area contributed by atoms with Crippen molar-refractivity contribution in [1.82, 2.24) is 9.88 Å². The second kappa shape index (κ2) is 4.58. The number of H-pyrrole nitrogens is 1. The molecule has 2 rings (SSSR count). The molecule has 2 aromatic rings. The Bertz CT molecular complexity index is 622. The summed E-state index contributed by atoms with van der Waals surface area (Å²) in [6.45, 7) is -2.12. The van der Waals surface area contributed by atoms with Gasteiger partial charge in [0.1, 0.15) is 5.75 Å². The van der Waals surface area contributed by atoms with Crippen LogP contribution in [0.25, 0.3) is 10.9 Å². The minimum Gasteiger partial charge on any atom is -0.497 e. The highest BCUT2D eigenvalue weighted by Crippen LogP contribution is 2.23. The third-order valence-electron chi connectivity index (χ3n) is 2.30. The van der Waals surface area contributed by atoms with Gasteiger partial charge in [0.05, 0.1) is 7.11 Å². The lowest BCUT2D eigenvalue weighted by molar-refractivity contribution is 0.414. The number of fused-ring (bicyclic) bond motifs is 1. The zero-order valence-electron chi connectivity index (χ0n) is 13.7. The van der Waals surface area contributed by atoms with E-state index < -0.39 is 12.9 Å². The van der Waals surface area contributed by atoms with Crippen molar-refractivity contribution in [2.45, 2.75) is 6.37 Å². The van der Waals surface area contributed by atoms with E-state index in [1.807, 2.05) is 0 Å². The van der Waals surface area contributed by atoms with Gasteiger partial charge in [-0.05, 0) is 38.2 Å². The van der Waals surface area contributed by atoms with Crippen LogP contribution < -0.4 is 4.74 Å². The van der Waals surface area contributed by atoms with E-state index in [2.05, 4.69) is 4.98 Å². The molecule has 1 aromatic carbocycles. The molecule has 0 saturated heterocycles. The lowest BCUT2D eigenvalue weighted by atomic mass is 10.1. The predicted molar refractivity (Wildman–Crippen MR) is 67.1 cm³/mol. The molecule has 0 bridgehead atoms. The van der Waals surface area contributed by atoms with E-state index in [0.29, 0.717) is 16.7 Å². The minimum absolute atomic E-state index is 0.300. The predicted octanol–water partition coefficient (Wildman–Crippen LogP) is 2.28. The van der Waals surface area contributed by atoms with Crippen molar-refractivity contribution >= 4 is 10.9 Å². The van der Waals surface area contributed by atoms with Gasteiger partial charge in [-0.2, -0.15) is 0 Å². The molecule has 0 aliphatic carbocycles. The van der Waals surface area contributed by atoms with Gasteiger partial charge in [-0.3, -0.25) is 0 Å². The molecule has 1 heterocycles. The van der Waals surface area contributed by atoms with Crippen molar-refractivity contribution in [1.29, 1.82) is 0 Å².